The minimum Gasteiger partial charge on any atom is -0.508 e. The second-order valence-electron chi connectivity index (χ2n) is 4.85. The van der Waals surface area contributed by atoms with Crippen LogP contribution in [-0.2, 0) is 11.2 Å². The van der Waals surface area contributed by atoms with Gasteiger partial charge in [0.25, 0.3) is 5.91 Å². The summed E-state index contributed by atoms with van der Waals surface area (Å²) in [5.74, 6) is 0.631. The number of aromatic hydroxyl groups is 1. The fourth-order valence-electron chi connectivity index (χ4n) is 2.36. The van der Waals surface area contributed by atoms with E-state index in [1.165, 1.54) is 11.0 Å². The molecular formula is C16H15NO3. The summed E-state index contributed by atoms with van der Waals surface area (Å²) in [7, 11) is 1.70. The largest absolute Gasteiger partial charge is 0.508 e. The molecule has 1 N–H and O–H groups in total. The highest BCUT2D eigenvalue weighted by molar-refractivity contribution is 5.99. The normalized spacial score (nSPS) is 17.6. The smallest absolute Gasteiger partial charge is 0.268 e. The second-order valence-corrected chi connectivity index (χ2v) is 4.85. The lowest BCUT2D eigenvalue weighted by molar-refractivity contribution is -0.125. The van der Waals surface area contributed by atoms with E-state index >= 15 is 0 Å². The van der Waals surface area contributed by atoms with Gasteiger partial charge in [0, 0.05) is 19.5 Å². The van der Waals surface area contributed by atoms with Crippen molar-refractivity contribution in [1.82, 2.24) is 0 Å². The highest BCUT2D eigenvalue weighted by Crippen LogP contribution is 2.36. The predicted octanol–water partition coefficient (Wildman–Crippen LogP) is 2.36. The molecule has 1 aliphatic rings. The quantitative estimate of drug-likeness (QED) is 0.910. The summed E-state index contributed by atoms with van der Waals surface area (Å²) in [5.41, 5.74) is 1.65. The van der Waals surface area contributed by atoms with Crippen LogP contribution in [-0.4, -0.2) is 24.2 Å². The van der Waals surface area contributed by atoms with E-state index < -0.39 is 6.10 Å². The molecule has 1 atom stereocenters. The molecule has 2 aromatic carbocycles. The summed E-state index contributed by atoms with van der Waals surface area (Å²) >= 11 is 0. The van der Waals surface area contributed by atoms with Crippen molar-refractivity contribution in [3.63, 3.8) is 0 Å². The van der Waals surface area contributed by atoms with Gasteiger partial charge in [-0.05, 0) is 17.7 Å². The molecule has 4 nitrogen and oxygen atoms in total. The molecule has 1 amide bonds. The Morgan fingerprint density at radius 2 is 1.95 bits per heavy atom. The van der Waals surface area contributed by atoms with Gasteiger partial charge >= 0.3 is 0 Å². The van der Waals surface area contributed by atoms with E-state index in [9.17, 15) is 9.90 Å². The van der Waals surface area contributed by atoms with Crippen molar-refractivity contribution in [3.8, 4) is 11.5 Å². The molecule has 0 bridgehead atoms. The number of anilines is 1. The number of benzene rings is 2. The Balaban J connectivity index is 1.89. The molecule has 102 valence electrons. The summed E-state index contributed by atoms with van der Waals surface area (Å²) in [5, 5.41) is 9.50. The van der Waals surface area contributed by atoms with Gasteiger partial charge in [-0.15, -0.1) is 0 Å². The highest BCUT2D eigenvalue weighted by Gasteiger charge is 2.32. The number of hydrogen-bond acceptors (Lipinski definition) is 3. The van der Waals surface area contributed by atoms with Crippen LogP contribution in [0.5, 0.6) is 11.5 Å². The summed E-state index contributed by atoms with van der Waals surface area (Å²) in [6, 6.07) is 14.6. The molecule has 0 fully saturated rings. The standard InChI is InChI=1S/C16H15NO3/c1-17-13-10-12(18)7-8-14(13)20-15(16(17)19)9-11-5-3-2-4-6-11/h2-8,10,15,18H,9H2,1H3. The van der Waals surface area contributed by atoms with Gasteiger partial charge in [-0.2, -0.15) is 0 Å². The molecule has 1 heterocycles. The maximum atomic E-state index is 12.3. The van der Waals surface area contributed by atoms with E-state index in [2.05, 4.69) is 0 Å². The fraction of sp³-hybridized carbons (Fsp3) is 0.188. The van der Waals surface area contributed by atoms with E-state index in [1.54, 1.807) is 19.2 Å². The Morgan fingerprint density at radius 1 is 1.20 bits per heavy atom. The lowest BCUT2D eigenvalue weighted by atomic mass is 10.1. The van der Waals surface area contributed by atoms with Crippen LogP contribution in [0.4, 0.5) is 5.69 Å². The maximum Gasteiger partial charge on any atom is 0.268 e. The third-order valence-corrected chi connectivity index (χ3v) is 3.44. The molecule has 3 rings (SSSR count). The lowest BCUT2D eigenvalue weighted by Gasteiger charge is -2.32. The van der Waals surface area contributed by atoms with Crippen molar-refractivity contribution in [2.75, 3.05) is 11.9 Å². The summed E-state index contributed by atoms with van der Waals surface area (Å²) in [6.07, 6.45) is 0.00378. The minimum absolute atomic E-state index is 0.105. The minimum atomic E-state index is -0.528. The van der Waals surface area contributed by atoms with E-state index in [1.807, 2.05) is 30.3 Å². The number of ether oxygens (including phenoxy) is 1. The number of carbonyl (C=O) groups excluding carboxylic acids is 1. The van der Waals surface area contributed by atoms with Crippen molar-refractivity contribution < 1.29 is 14.6 Å². The van der Waals surface area contributed by atoms with Gasteiger partial charge in [0.2, 0.25) is 0 Å². The van der Waals surface area contributed by atoms with Crippen LogP contribution < -0.4 is 9.64 Å². The zero-order valence-corrected chi connectivity index (χ0v) is 11.1. The van der Waals surface area contributed by atoms with Gasteiger partial charge < -0.3 is 14.7 Å². The van der Waals surface area contributed by atoms with Crippen LogP contribution in [0.2, 0.25) is 0 Å². The number of phenolic OH excluding ortho intramolecular Hbond substituents is 1. The molecule has 0 aromatic heterocycles. The van der Waals surface area contributed by atoms with Crippen LogP contribution >= 0.6 is 0 Å². The van der Waals surface area contributed by atoms with E-state index in [-0.39, 0.29) is 11.7 Å². The van der Waals surface area contributed by atoms with Crippen LogP contribution in [0.25, 0.3) is 0 Å². The summed E-state index contributed by atoms with van der Waals surface area (Å²) in [6.45, 7) is 0. The number of rotatable bonds is 2. The molecule has 4 heteroatoms. The van der Waals surface area contributed by atoms with Crippen LogP contribution in [0.3, 0.4) is 0 Å². The average Bonchev–Trinajstić information content (AvgIpc) is 2.46. The average molecular weight is 269 g/mol. The van der Waals surface area contributed by atoms with Crippen LogP contribution in [0, 0.1) is 0 Å². The first kappa shape index (κ1) is 12.5. The van der Waals surface area contributed by atoms with Gasteiger partial charge in [0.15, 0.2) is 6.10 Å². The SMILES string of the molecule is CN1C(=O)C(Cc2ccccc2)Oc2ccc(O)cc21. The van der Waals surface area contributed by atoms with Crippen LogP contribution in [0.1, 0.15) is 5.56 Å². The number of phenols is 1. The molecule has 1 unspecified atom stereocenters. The van der Waals surface area contributed by atoms with Crippen molar-refractivity contribution in [2.24, 2.45) is 0 Å². The first-order valence-corrected chi connectivity index (χ1v) is 6.46. The van der Waals surface area contributed by atoms with Crippen molar-refractivity contribution in [3.05, 3.63) is 54.1 Å². The van der Waals surface area contributed by atoms with Crippen molar-refractivity contribution in [1.29, 1.82) is 0 Å². The first-order chi connectivity index (χ1) is 9.65. The van der Waals surface area contributed by atoms with Gasteiger partial charge in [0.05, 0.1) is 5.69 Å². The third-order valence-electron chi connectivity index (χ3n) is 3.44. The van der Waals surface area contributed by atoms with Gasteiger partial charge in [-0.3, -0.25) is 4.79 Å². The Hall–Kier alpha value is -2.49. The molecular weight excluding hydrogens is 254 g/mol. The fourth-order valence-corrected chi connectivity index (χ4v) is 2.36. The van der Waals surface area contributed by atoms with E-state index in [4.69, 9.17) is 4.74 Å². The Kier molecular flexibility index (Phi) is 3.06. The van der Waals surface area contributed by atoms with Gasteiger partial charge in [0.1, 0.15) is 11.5 Å². The number of hydrogen-bond donors (Lipinski definition) is 1. The predicted molar refractivity (Wildman–Crippen MR) is 76.1 cm³/mol. The molecule has 0 saturated carbocycles. The molecule has 0 saturated heterocycles. The molecule has 1 aliphatic heterocycles. The Bertz CT molecular complexity index is 639. The molecule has 20 heavy (non-hydrogen) atoms. The number of fused-ring (bicyclic) bond motifs is 1. The molecule has 0 aliphatic carbocycles. The third kappa shape index (κ3) is 2.20. The Labute approximate surface area is 117 Å². The zero-order chi connectivity index (χ0) is 14.1. The monoisotopic (exact) mass is 269 g/mol. The van der Waals surface area contributed by atoms with E-state index in [0.717, 1.165) is 5.56 Å². The van der Waals surface area contributed by atoms with Crippen molar-refractivity contribution >= 4 is 11.6 Å². The maximum absolute atomic E-state index is 12.3. The van der Waals surface area contributed by atoms with Gasteiger partial charge in [-0.25, -0.2) is 0 Å². The van der Waals surface area contributed by atoms with E-state index in [0.29, 0.717) is 17.9 Å². The second kappa shape index (κ2) is 4.89. The number of nitrogens with zero attached hydrogens (tertiary/aromatic N) is 1. The number of carbonyl (C=O) groups is 1. The Morgan fingerprint density at radius 3 is 2.70 bits per heavy atom. The van der Waals surface area contributed by atoms with Crippen molar-refractivity contribution in [2.45, 2.75) is 12.5 Å². The van der Waals surface area contributed by atoms with Crippen LogP contribution in [0.15, 0.2) is 48.5 Å². The lowest BCUT2D eigenvalue weighted by Crippen LogP contribution is -2.44. The zero-order valence-electron chi connectivity index (χ0n) is 11.1. The molecule has 0 radical (unpaired) electrons. The molecule has 0 spiro atoms. The first-order valence-electron chi connectivity index (χ1n) is 6.46. The number of likely N-dealkylation sites (N-methyl/N-ethyl adjacent to an activating group) is 1. The summed E-state index contributed by atoms with van der Waals surface area (Å²) in [4.78, 5) is 13.9. The molecule has 2 aromatic rings. The number of amides is 1. The summed E-state index contributed by atoms with van der Waals surface area (Å²) < 4.78 is 5.77. The van der Waals surface area contributed by atoms with Gasteiger partial charge in [-0.1, -0.05) is 30.3 Å². The topological polar surface area (TPSA) is 49.8 Å². The highest BCUT2D eigenvalue weighted by atomic mass is 16.5.